The maximum Gasteiger partial charge on any atom is 0.336 e. The van der Waals surface area contributed by atoms with E-state index < -0.39 is 17.8 Å². The first-order valence-corrected chi connectivity index (χ1v) is 10.1. The van der Waals surface area contributed by atoms with Crippen LogP contribution in [0, 0.1) is 12.8 Å². The molecule has 0 aliphatic carbocycles. The Hall–Kier alpha value is -3.61. The van der Waals surface area contributed by atoms with Gasteiger partial charge >= 0.3 is 5.97 Å². The number of methoxy groups -OCH3 is 1. The first kappa shape index (κ1) is 22.1. The largest absolute Gasteiger partial charge is 0.495 e. The average molecular weight is 422 g/mol. The van der Waals surface area contributed by atoms with Crippen LogP contribution in [0.25, 0.3) is 0 Å². The van der Waals surface area contributed by atoms with Crippen LogP contribution in [0.4, 0.5) is 11.4 Å². The van der Waals surface area contributed by atoms with Gasteiger partial charge in [0.05, 0.1) is 30.9 Å². The second-order valence-electron chi connectivity index (χ2n) is 7.23. The minimum absolute atomic E-state index is 0.152. The van der Waals surface area contributed by atoms with Crippen molar-refractivity contribution in [3.8, 4) is 5.75 Å². The predicted molar refractivity (Wildman–Crippen MR) is 118 cm³/mol. The van der Waals surface area contributed by atoms with Crippen LogP contribution in [0.5, 0.6) is 5.75 Å². The predicted octanol–water partition coefficient (Wildman–Crippen LogP) is 3.83. The summed E-state index contributed by atoms with van der Waals surface area (Å²) in [7, 11) is 1.50. The van der Waals surface area contributed by atoms with E-state index in [2.05, 4.69) is 5.32 Å². The highest BCUT2D eigenvalue weighted by atomic mass is 16.5. The quantitative estimate of drug-likeness (QED) is 0.715. The van der Waals surface area contributed by atoms with Crippen molar-refractivity contribution in [3.63, 3.8) is 0 Å². The zero-order valence-corrected chi connectivity index (χ0v) is 18.1. The smallest absolute Gasteiger partial charge is 0.336 e. The zero-order chi connectivity index (χ0) is 22.5. The third-order valence-electron chi connectivity index (χ3n) is 5.17. The van der Waals surface area contributed by atoms with Gasteiger partial charge in [-0.1, -0.05) is 29.8 Å². The molecular formula is C24H26N2O5. The van der Waals surface area contributed by atoms with Crippen LogP contribution in [0.3, 0.4) is 0 Å². The summed E-state index contributed by atoms with van der Waals surface area (Å²) in [6.45, 7) is 5.47. The van der Waals surface area contributed by atoms with E-state index in [0.29, 0.717) is 22.8 Å². The number of carbonyl (C=O) groups excluding carboxylic acids is 3. The lowest BCUT2D eigenvalue weighted by Gasteiger charge is -2.33. The van der Waals surface area contributed by atoms with Crippen LogP contribution in [0.1, 0.15) is 25.8 Å². The van der Waals surface area contributed by atoms with Gasteiger partial charge in [0.2, 0.25) is 11.8 Å². The number of benzene rings is 2. The molecule has 0 spiro atoms. The molecule has 1 unspecified atom stereocenters. The molecule has 2 amide bonds. The highest BCUT2D eigenvalue weighted by molar-refractivity contribution is 6.10. The Morgan fingerprint density at radius 1 is 1.10 bits per heavy atom. The van der Waals surface area contributed by atoms with E-state index in [9.17, 15) is 14.4 Å². The lowest BCUT2D eigenvalue weighted by Crippen LogP contribution is -2.43. The van der Waals surface area contributed by atoms with E-state index >= 15 is 0 Å². The molecular weight excluding hydrogens is 396 g/mol. The molecule has 0 saturated carbocycles. The minimum Gasteiger partial charge on any atom is -0.495 e. The van der Waals surface area contributed by atoms with Crippen LogP contribution >= 0.6 is 0 Å². The Morgan fingerprint density at radius 2 is 1.77 bits per heavy atom. The van der Waals surface area contributed by atoms with Crippen molar-refractivity contribution in [3.05, 3.63) is 65.4 Å². The molecule has 3 rings (SSSR count). The normalized spacial score (nSPS) is 16.2. The van der Waals surface area contributed by atoms with Gasteiger partial charge in [-0.25, -0.2) is 4.79 Å². The summed E-state index contributed by atoms with van der Waals surface area (Å²) in [6, 6.07) is 14.4. The van der Waals surface area contributed by atoms with Gasteiger partial charge in [-0.2, -0.15) is 0 Å². The summed E-state index contributed by atoms with van der Waals surface area (Å²) in [5.41, 5.74) is 2.71. The number of esters is 1. The maximum absolute atomic E-state index is 13.2. The molecule has 1 aliphatic rings. The van der Waals surface area contributed by atoms with Crippen LogP contribution in [-0.4, -0.2) is 31.5 Å². The van der Waals surface area contributed by atoms with Crippen molar-refractivity contribution in [1.82, 2.24) is 0 Å². The third-order valence-corrected chi connectivity index (χ3v) is 5.17. The van der Waals surface area contributed by atoms with Crippen molar-refractivity contribution in [2.24, 2.45) is 5.92 Å². The van der Waals surface area contributed by atoms with Gasteiger partial charge in [0.1, 0.15) is 5.75 Å². The molecule has 0 radical (unpaired) electrons. The first-order chi connectivity index (χ1) is 14.9. The van der Waals surface area contributed by atoms with E-state index in [4.69, 9.17) is 9.47 Å². The standard InChI is InChI=1S/C24H26N2O5/c1-5-31-24(29)22-16(3)26(17-12-10-15(2)11-13-17)21(27)14-18(22)23(28)25-19-8-6-7-9-20(19)30-4/h6-13,18H,5,14H2,1-4H3,(H,25,28). The SMILES string of the molecule is CCOC(=O)C1=C(C)N(c2ccc(C)cc2)C(=O)CC1C(=O)Nc1ccccc1OC. The number of hydrogen-bond acceptors (Lipinski definition) is 5. The van der Waals surface area contributed by atoms with Crippen molar-refractivity contribution in [2.45, 2.75) is 27.2 Å². The highest BCUT2D eigenvalue weighted by Gasteiger charge is 2.40. The monoisotopic (exact) mass is 422 g/mol. The Bertz CT molecular complexity index is 1030. The molecule has 1 N–H and O–H groups in total. The van der Waals surface area contributed by atoms with Crippen molar-refractivity contribution in [1.29, 1.82) is 0 Å². The summed E-state index contributed by atoms with van der Waals surface area (Å²) in [5.74, 6) is -1.83. The molecule has 7 heteroatoms. The average Bonchev–Trinajstić information content (AvgIpc) is 2.75. The topological polar surface area (TPSA) is 84.9 Å². The van der Waals surface area contributed by atoms with Gasteiger partial charge in [0.25, 0.3) is 0 Å². The summed E-state index contributed by atoms with van der Waals surface area (Å²) in [6.07, 6.45) is -0.152. The van der Waals surface area contributed by atoms with E-state index in [-0.39, 0.29) is 24.5 Å². The molecule has 0 aromatic heterocycles. The molecule has 1 atom stereocenters. The number of ether oxygens (including phenoxy) is 2. The molecule has 0 saturated heterocycles. The molecule has 162 valence electrons. The van der Waals surface area contributed by atoms with Crippen molar-refractivity contribution < 1.29 is 23.9 Å². The third kappa shape index (κ3) is 4.60. The van der Waals surface area contributed by atoms with Gasteiger partial charge < -0.3 is 14.8 Å². The van der Waals surface area contributed by atoms with Gasteiger partial charge in [-0.05, 0) is 45.0 Å². The Kier molecular flexibility index (Phi) is 6.74. The number of amides is 2. The van der Waals surface area contributed by atoms with Gasteiger partial charge in [-0.15, -0.1) is 0 Å². The number of para-hydroxylation sites is 2. The fourth-order valence-electron chi connectivity index (χ4n) is 3.65. The number of carbonyl (C=O) groups is 3. The summed E-state index contributed by atoms with van der Waals surface area (Å²) >= 11 is 0. The van der Waals surface area contributed by atoms with Gasteiger partial charge in [0.15, 0.2) is 0 Å². The first-order valence-electron chi connectivity index (χ1n) is 10.1. The van der Waals surface area contributed by atoms with E-state index in [1.165, 1.54) is 12.0 Å². The summed E-state index contributed by atoms with van der Waals surface area (Å²) < 4.78 is 10.5. The van der Waals surface area contributed by atoms with E-state index in [0.717, 1.165) is 5.56 Å². The van der Waals surface area contributed by atoms with Crippen LogP contribution < -0.4 is 15.0 Å². The Labute approximate surface area is 181 Å². The lowest BCUT2D eigenvalue weighted by molar-refractivity contribution is -0.141. The second kappa shape index (κ2) is 9.47. The number of nitrogens with zero attached hydrogens (tertiary/aromatic N) is 1. The molecule has 0 bridgehead atoms. The number of allylic oxidation sites excluding steroid dienone is 1. The highest BCUT2D eigenvalue weighted by Crippen LogP contribution is 2.35. The minimum atomic E-state index is -0.974. The van der Waals surface area contributed by atoms with E-state index in [1.54, 1.807) is 38.1 Å². The summed E-state index contributed by atoms with van der Waals surface area (Å²) in [5, 5.41) is 2.78. The van der Waals surface area contributed by atoms with Crippen LogP contribution in [0.15, 0.2) is 59.8 Å². The van der Waals surface area contributed by atoms with E-state index in [1.807, 2.05) is 31.2 Å². The number of nitrogens with one attached hydrogen (secondary N) is 1. The second-order valence-corrected chi connectivity index (χ2v) is 7.23. The van der Waals surface area contributed by atoms with Crippen LogP contribution in [-0.2, 0) is 19.1 Å². The summed E-state index contributed by atoms with van der Waals surface area (Å²) in [4.78, 5) is 40.5. The van der Waals surface area contributed by atoms with Crippen molar-refractivity contribution >= 4 is 29.2 Å². The molecule has 1 heterocycles. The molecule has 7 nitrogen and oxygen atoms in total. The molecule has 2 aromatic carbocycles. The molecule has 0 fully saturated rings. The number of rotatable bonds is 6. The zero-order valence-electron chi connectivity index (χ0n) is 18.1. The molecule has 1 aliphatic heterocycles. The molecule has 31 heavy (non-hydrogen) atoms. The Balaban J connectivity index is 2.01. The number of hydrogen-bond donors (Lipinski definition) is 1. The van der Waals surface area contributed by atoms with Gasteiger partial charge in [0, 0.05) is 17.8 Å². The fraction of sp³-hybridized carbons (Fsp3) is 0.292. The fourth-order valence-corrected chi connectivity index (χ4v) is 3.65. The van der Waals surface area contributed by atoms with Crippen LogP contribution in [0.2, 0.25) is 0 Å². The maximum atomic E-state index is 13.2. The Morgan fingerprint density at radius 3 is 2.42 bits per heavy atom. The number of aryl methyl sites for hydroxylation is 1. The van der Waals surface area contributed by atoms with Gasteiger partial charge in [-0.3, -0.25) is 14.5 Å². The number of anilines is 2. The lowest BCUT2D eigenvalue weighted by atomic mass is 9.88. The molecule has 2 aromatic rings. The van der Waals surface area contributed by atoms with Crippen molar-refractivity contribution in [2.75, 3.05) is 23.9 Å².